The molecule has 0 bridgehead atoms. The maximum absolute atomic E-state index is 6.92. The number of nitrogens with two attached hydrogens (primary N) is 1. The summed E-state index contributed by atoms with van der Waals surface area (Å²) >= 11 is 1.34. The Labute approximate surface area is 77.3 Å². The fraction of sp³-hybridized carbons (Fsp3) is 0.857. The molecular weight excluding hydrogens is 176 g/mol. The van der Waals surface area contributed by atoms with E-state index < -0.39 is 0 Å². The second-order valence-corrected chi connectivity index (χ2v) is 3.31. The van der Waals surface area contributed by atoms with E-state index in [0.717, 1.165) is 12.2 Å². The average molecular weight is 192 g/mol. The van der Waals surface area contributed by atoms with Crippen molar-refractivity contribution in [3.63, 3.8) is 0 Å². The number of rotatable bonds is 7. The Bertz CT molecular complexity index is 122. The smallest absolute Gasteiger partial charge is 0.151 e. The third-order valence-corrected chi connectivity index (χ3v) is 1.93. The molecule has 4 nitrogen and oxygen atoms in total. The van der Waals surface area contributed by atoms with E-state index in [-0.39, 0.29) is 5.17 Å². The van der Waals surface area contributed by atoms with Gasteiger partial charge in [0, 0.05) is 19.5 Å². The quantitative estimate of drug-likeness (QED) is 0.353. The van der Waals surface area contributed by atoms with Gasteiger partial charge in [0.2, 0.25) is 0 Å². The van der Waals surface area contributed by atoms with Gasteiger partial charge >= 0.3 is 0 Å². The topological polar surface area (TPSA) is 68.3 Å². The zero-order chi connectivity index (χ0) is 9.23. The number of hydrogen-bond acceptors (Lipinski definition) is 4. The molecule has 0 aromatic rings. The van der Waals surface area contributed by atoms with Crippen LogP contribution >= 0.6 is 11.8 Å². The normalized spacial score (nSPS) is 10.1. The van der Waals surface area contributed by atoms with Crippen LogP contribution in [0.5, 0.6) is 0 Å². The van der Waals surface area contributed by atoms with Crippen LogP contribution in [0, 0.1) is 5.41 Å². The van der Waals surface area contributed by atoms with E-state index in [4.69, 9.17) is 20.6 Å². The number of hydrogen-bond donors (Lipinski definition) is 2. The number of thioether (sulfide) groups is 1. The zero-order valence-corrected chi connectivity index (χ0v) is 8.15. The van der Waals surface area contributed by atoms with Crippen molar-refractivity contribution in [1.29, 1.82) is 5.41 Å². The molecule has 12 heavy (non-hydrogen) atoms. The van der Waals surface area contributed by atoms with Crippen LogP contribution in [0.4, 0.5) is 0 Å². The molecule has 0 fully saturated rings. The third-order valence-electron chi connectivity index (χ3n) is 1.12. The lowest BCUT2D eigenvalue weighted by Crippen LogP contribution is -2.07. The Hall–Kier alpha value is -0.260. The van der Waals surface area contributed by atoms with Crippen molar-refractivity contribution in [2.24, 2.45) is 5.73 Å². The number of amidine groups is 1. The van der Waals surface area contributed by atoms with Crippen LogP contribution in [0.1, 0.15) is 6.42 Å². The molecule has 0 heterocycles. The first kappa shape index (κ1) is 11.7. The highest BCUT2D eigenvalue weighted by Crippen LogP contribution is 2.00. The molecular formula is C7H16N2O2S. The maximum Gasteiger partial charge on any atom is 0.151 e. The van der Waals surface area contributed by atoms with Crippen LogP contribution in [0.15, 0.2) is 0 Å². The van der Waals surface area contributed by atoms with Crippen LogP contribution in [-0.2, 0) is 9.47 Å². The van der Waals surface area contributed by atoms with Gasteiger partial charge in [-0.05, 0) is 6.42 Å². The highest BCUT2D eigenvalue weighted by atomic mass is 32.2. The summed E-state index contributed by atoms with van der Waals surface area (Å²) in [7, 11) is 1.65. The molecule has 0 spiro atoms. The lowest BCUT2D eigenvalue weighted by molar-refractivity contribution is 0.0714. The van der Waals surface area contributed by atoms with Crippen LogP contribution in [0.2, 0.25) is 0 Å². The Kier molecular flexibility index (Phi) is 8.64. The van der Waals surface area contributed by atoms with Crippen LogP contribution < -0.4 is 5.73 Å². The minimum atomic E-state index is 0.173. The predicted molar refractivity (Wildman–Crippen MR) is 51.7 cm³/mol. The number of nitrogens with one attached hydrogen (secondary N) is 1. The SMILES string of the molecule is COCCOCCCSC(=N)N. The van der Waals surface area contributed by atoms with Gasteiger partial charge in [0.15, 0.2) is 5.17 Å². The van der Waals surface area contributed by atoms with Crippen LogP contribution in [-0.4, -0.2) is 37.9 Å². The Morgan fingerprint density at radius 2 is 2.17 bits per heavy atom. The highest BCUT2D eigenvalue weighted by molar-refractivity contribution is 8.13. The summed E-state index contributed by atoms with van der Waals surface area (Å²) in [5.74, 6) is 0.850. The minimum Gasteiger partial charge on any atom is -0.382 e. The van der Waals surface area contributed by atoms with Crippen molar-refractivity contribution in [3.05, 3.63) is 0 Å². The molecule has 0 atom stereocenters. The lowest BCUT2D eigenvalue weighted by atomic mass is 10.5. The van der Waals surface area contributed by atoms with Crippen molar-refractivity contribution in [3.8, 4) is 0 Å². The molecule has 0 unspecified atom stereocenters. The Balaban J connectivity index is 2.86. The summed E-state index contributed by atoms with van der Waals surface area (Å²) in [6.07, 6.45) is 0.925. The van der Waals surface area contributed by atoms with Crippen molar-refractivity contribution in [2.75, 3.05) is 32.7 Å². The van der Waals surface area contributed by atoms with Gasteiger partial charge < -0.3 is 15.2 Å². The van der Waals surface area contributed by atoms with E-state index in [2.05, 4.69) is 0 Å². The molecule has 0 aliphatic carbocycles. The van der Waals surface area contributed by atoms with Crippen LogP contribution in [0.25, 0.3) is 0 Å². The van der Waals surface area contributed by atoms with E-state index in [1.165, 1.54) is 11.8 Å². The lowest BCUT2D eigenvalue weighted by Gasteiger charge is -2.02. The van der Waals surface area contributed by atoms with Crippen molar-refractivity contribution in [1.82, 2.24) is 0 Å². The first-order valence-corrected chi connectivity index (χ1v) is 4.79. The minimum absolute atomic E-state index is 0.173. The standard InChI is InChI=1S/C7H16N2O2S/c1-10-4-5-11-3-2-6-12-7(8)9/h2-6H2,1H3,(H3,8,9). The molecule has 0 saturated heterocycles. The van der Waals surface area contributed by atoms with E-state index in [1.54, 1.807) is 7.11 Å². The van der Waals surface area contributed by atoms with E-state index >= 15 is 0 Å². The van der Waals surface area contributed by atoms with E-state index in [9.17, 15) is 0 Å². The van der Waals surface area contributed by atoms with E-state index in [0.29, 0.717) is 19.8 Å². The summed E-state index contributed by atoms with van der Waals surface area (Å²) in [6.45, 7) is 1.99. The molecule has 0 aliphatic heterocycles. The van der Waals surface area contributed by atoms with Gasteiger partial charge in [-0.15, -0.1) is 0 Å². The summed E-state index contributed by atoms with van der Waals surface area (Å²) in [5.41, 5.74) is 5.14. The maximum atomic E-state index is 6.92. The zero-order valence-electron chi connectivity index (χ0n) is 7.34. The summed E-state index contributed by atoms with van der Waals surface area (Å²) in [4.78, 5) is 0. The fourth-order valence-electron chi connectivity index (χ4n) is 0.587. The van der Waals surface area contributed by atoms with Gasteiger partial charge in [0.25, 0.3) is 0 Å². The van der Waals surface area contributed by atoms with E-state index in [1.807, 2.05) is 0 Å². The molecule has 72 valence electrons. The van der Waals surface area contributed by atoms with Crippen LogP contribution in [0.3, 0.4) is 0 Å². The fourth-order valence-corrected chi connectivity index (χ4v) is 1.07. The molecule has 0 aromatic heterocycles. The summed E-state index contributed by atoms with van der Waals surface area (Å²) < 4.78 is 10.0. The molecule has 0 radical (unpaired) electrons. The summed E-state index contributed by atoms with van der Waals surface area (Å²) in [5, 5.41) is 7.09. The first-order valence-electron chi connectivity index (χ1n) is 3.81. The van der Waals surface area contributed by atoms with Gasteiger partial charge in [-0.25, -0.2) is 0 Å². The largest absolute Gasteiger partial charge is 0.382 e. The average Bonchev–Trinajstić information content (AvgIpc) is 2.02. The molecule has 0 aromatic carbocycles. The van der Waals surface area contributed by atoms with Crippen molar-refractivity contribution in [2.45, 2.75) is 6.42 Å². The van der Waals surface area contributed by atoms with Gasteiger partial charge in [-0.2, -0.15) is 0 Å². The Morgan fingerprint density at radius 1 is 1.42 bits per heavy atom. The molecule has 3 N–H and O–H groups in total. The number of ether oxygens (including phenoxy) is 2. The molecule has 5 heteroatoms. The van der Waals surface area contributed by atoms with Gasteiger partial charge in [0.1, 0.15) is 0 Å². The van der Waals surface area contributed by atoms with Gasteiger partial charge in [-0.1, -0.05) is 11.8 Å². The summed E-state index contributed by atoms with van der Waals surface area (Å²) in [6, 6.07) is 0. The number of methoxy groups -OCH3 is 1. The first-order chi connectivity index (χ1) is 5.77. The molecule has 0 amide bonds. The molecule has 0 saturated carbocycles. The van der Waals surface area contributed by atoms with Gasteiger partial charge in [0.05, 0.1) is 13.2 Å². The monoisotopic (exact) mass is 192 g/mol. The Morgan fingerprint density at radius 3 is 2.75 bits per heavy atom. The second kappa shape index (κ2) is 8.83. The third kappa shape index (κ3) is 9.74. The molecule has 0 rings (SSSR count). The second-order valence-electron chi connectivity index (χ2n) is 2.17. The molecule has 0 aliphatic rings. The van der Waals surface area contributed by atoms with Crippen molar-refractivity contribution >= 4 is 16.9 Å². The van der Waals surface area contributed by atoms with Crippen molar-refractivity contribution < 1.29 is 9.47 Å². The van der Waals surface area contributed by atoms with Gasteiger partial charge in [-0.3, -0.25) is 5.41 Å². The predicted octanol–water partition coefficient (Wildman–Crippen LogP) is 0.666. The highest BCUT2D eigenvalue weighted by Gasteiger charge is 1.91.